The van der Waals surface area contributed by atoms with Crippen LogP contribution in [0.25, 0.3) is 10.9 Å². The number of carbonyl (C=O) groups is 1. The molecule has 0 N–H and O–H groups in total. The van der Waals surface area contributed by atoms with Gasteiger partial charge in [0.2, 0.25) is 0 Å². The molecule has 3 nitrogen and oxygen atoms in total. The molecule has 22 heavy (non-hydrogen) atoms. The summed E-state index contributed by atoms with van der Waals surface area (Å²) in [6.45, 7) is 0. The van der Waals surface area contributed by atoms with Gasteiger partial charge in [-0.05, 0) is 35.7 Å². The number of fused-ring (bicyclic) bond motifs is 1. The molecule has 0 saturated carbocycles. The minimum absolute atomic E-state index is 0.183. The molecule has 0 radical (unpaired) electrons. The Morgan fingerprint density at radius 2 is 2.00 bits per heavy atom. The monoisotopic (exact) mass is 296 g/mol. The lowest BCUT2D eigenvalue weighted by molar-refractivity contribution is -0.305. The maximum atomic E-state index is 13.5. The van der Waals surface area contributed by atoms with Gasteiger partial charge >= 0.3 is 0 Å². The summed E-state index contributed by atoms with van der Waals surface area (Å²) < 4.78 is 15.5. The Labute approximate surface area is 127 Å². The number of carbonyl (C=O) groups excluding carboxylic acids is 1. The van der Waals surface area contributed by atoms with Crippen molar-refractivity contribution < 1.29 is 14.3 Å². The number of benzene rings is 2. The summed E-state index contributed by atoms with van der Waals surface area (Å²) in [6, 6.07) is 13.8. The molecule has 2 aromatic carbocycles. The van der Waals surface area contributed by atoms with E-state index in [4.69, 9.17) is 0 Å². The number of rotatable bonds is 4. The average molecular weight is 296 g/mol. The van der Waals surface area contributed by atoms with Gasteiger partial charge in [-0.2, -0.15) is 0 Å². The van der Waals surface area contributed by atoms with Crippen LogP contribution in [-0.2, 0) is 11.8 Å². The van der Waals surface area contributed by atoms with Crippen LogP contribution in [-0.4, -0.2) is 10.5 Å². The molecule has 0 bridgehead atoms. The molecule has 3 aromatic rings. The average Bonchev–Trinajstić information content (AvgIpc) is 2.82. The van der Waals surface area contributed by atoms with Crippen LogP contribution in [0.5, 0.6) is 0 Å². The van der Waals surface area contributed by atoms with Crippen molar-refractivity contribution in [3.8, 4) is 0 Å². The Balaban J connectivity index is 2.18. The lowest BCUT2D eigenvalue weighted by atomic mass is 9.88. The van der Waals surface area contributed by atoms with Crippen molar-refractivity contribution in [2.75, 3.05) is 0 Å². The molecule has 0 aliphatic rings. The normalized spacial score (nSPS) is 12.5. The zero-order valence-corrected chi connectivity index (χ0v) is 12.1. The number of carboxylic acid groups (broad SMARTS) is 1. The maximum absolute atomic E-state index is 13.5. The molecule has 1 aromatic heterocycles. The third-order valence-electron chi connectivity index (χ3n) is 3.93. The van der Waals surface area contributed by atoms with Crippen molar-refractivity contribution in [2.45, 2.75) is 12.3 Å². The first-order valence-electron chi connectivity index (χ1n) is 7.05. The molecule has 0 aliphatic carbocycles. The number of hydrogen-bond acceptors (Lipinski definition) is 2. The molecular weight excluding hydrogens is 281 g/mol. The maximum Gasteiger partial charge on any atom is 0.123 e. The molecule has 0 saturated heterocycles. The van der Waals surface area contributed by atoms with Crippen LogP contribution < -0.4 is 5.11 Å². The molecular formula is C18H15FNO2-. The minimum atomic E-state index is -1.15. The fourth-order valence-corrected chi connectivity index (χ4v) is 2.95. The van der Waals surface area contributed by atoms with E-state index < -0.39 is 11.9 Å². The number of halogens is 1. The van der Waals surface area contributed by atoms with Gasteiger partial charge in [-0.25, -0.2) is 4.39 Å². The van der Waals surface area contributed by atoms with Gasteiger partial charge in [0.1, 0.15) is 5.82 Å². The predicted octanol–water partition coefficient (Wildman–Crippen LogP) is 2.59. The fraction of sp³-hybridized carbons (Fsp3) is 0.167. The Morgan fingerprint density at radius 1 is 1.23 bits per heavy atom. The molecule has 112 valence electrons. The van der Waals surface area contributed by atoms with Crippen LogP contribution in [0.1, 0.15) is 23.5 Å². The highest BCUT2D eigenvalue weighted by Gasteiger charge is 2.19. The van der Waals surface area contributed by atoms with E-state index >= 15 is 0 Å². The number of para-hydroxylation sites is 1. The molecule has 1 heterocycles. The van der Waals surface area contributed by atoms with Crippen LogP contribution in [0.4, 0.5) is 4.39 Å². The van der Waals surface area contributed by atoms with E-state index in [1.165, 1.54) is 12.1 Å². The van der Waals surface area contributed by atoms with E-state index in [-0.39, 0.29) is 12.2 Å². The Kier molecular flexibility index (Phi) is 3.67. The summed E-state index contributed by atoms with van der Waals surface area (Å²) in [5.74, 6) is -1.96. The summed E-state index contributed by atoms with van der Waals surface area (Å²) in [6.07, 6.45) is 1.72. The number of aryl methyl sites for hydroxylation is 1. The smallest absolute Gasteiger partial charge is 0.123 e. The first-order valence-corrected chi connectivity index (χ1v) is 7.05. The van der Waals surface area contributed by atoms with Gasteiger partial charge in [-0.1, -0.05) is 30.3 Å². The van der Waals surface area contributed by atoms with Crippen molar-refractivity contribution in [1.29, 1.82) is 0 Å². The number of nitrogens with zero attached hydrogens (tertiary/aromatic N) is 1. The van der Waals surface area contributed by atoms with E-state index in [9.17, 15) is 14.3 Å². The SMILES string of the molecule is Cn1cc([C@@H](CC(=O)[O-])c2cccc(F)c2)c2ccccc21. The molecule has 0 spiro atoms. The first-order chi connectivity index (χ1) is 10.6. The topological polar surface area (TPSA) is 45.1 Å². The van der Waals surface area contributed by atoms with Gasteiger partial charge < -0.3 is 14.5 Å². The second-order valence-electron chi connectivity index (χ2n) is 5.40. The van der Waals surface area contributed by atoms with Crippen molar-refractivity contribution in [2.24, 2.45) is 7.05 Å². The zero-order chi connectivity index (χ0) is 15.7. The van der Waals surface area contributed by atoms with Gasteiger partial charge in [0.25, 0.3) is 0 Å². The second kappa shape index (κ2) is 5.64. The van der Waals surface area contributed by atoms with Crippen molar-refractivity contribution in [3.63, 3.8) is 0 Å². The highest BCUT2D eigenvalue weighted by atomic mass is 19.1. The minimum Gasteiger partial charge on any atom is -0.550 e. The standard InChI is InChI=1S/C18H16FNO2/c1-20-11-16(14-7-2-3-8-17(14)20)15(10-18(21)22)12-5-4-6-13(19)9-12/h2-9,11,15H,10H2,1H3,(H,21,22)/p-1/t15-/m0/s1. The van der Waals surface area contributed by atoms with Crippen LogP contribution >= 0.6 is 0 Å². The molecule has 1 atom stereocenters. The number of hydrogen-bond donors (Lipinski definition) is 0. The highest BCUT2D eigenvalue weighted by molar-refractivity contribution is 5.85. The summed E-state index contributed by atoms with van der Waals surface area (Å²) in [4.78, 5) is 11.2. The lowest BCUT2D eigenvalue weighted by Gasteiger charge is -2.18. The molecule has 0 aliphatic heterocycles. The quantitative estimate of drug-likeness (QED) is 0.743. The molecule has 3 rings (SSSR count). The van der Waals surface area contributed by atoms with Gasteiger partial charge in [0.15, 0.2) is 0 Å². The molecule has 0 amide bonds. The Morgan fingerprint density at radius 3 is 2.73 bits per heavy atom. The van der Waals surface area contributed by atoms with Crippen LogP contribution in [0, 0.1) is 5.82 Å². The molecule has 0 fully saturated rings. The lowest BCUT2D eigenvalue weighted by Crippen LogP contribution is -2.25. The third-order valence-corrected chi connectivity index (χ3v) is 3.93. The number of aliphatic carboxylic acids is 1. The largest absolute Gasteiger partial charge is 0.550 e. The van der Waals surface area contributed by atoms with E-state index in [1.54, 1.807) is 12.1 Å². The molecule has 4 heteroatoms. The van der Waals surface area contributed by atoms with E-state index in [2.05, 4.69) is 0 Å². The van der Waals surface area contributed by atoms with Gasteiger partial charge in [-0.3, -0.25) is 0 Å². The van der Waals surface area contributed by atoms with Gasteiger partial charge in [0, 0.05) is 36.0 Å². The highest BCUT2D eigenvalue weighted by Crippen LogP contribution is 2.34. The van der Waals surface area contributed by atoms with E-state index in [1.807, 2.05) is 42.1 Å². The van der Waals surface area contributed by atoms with Gasteiger partial charge in [0.05, 0.1) is 0 Å². The molecule has 0 unspecified atom stereocenters. The fourth-order valence-electron chi connectivity index (χ4n) is 2.95. The summed E-state index contributed by atoms with van der Waals surface area (Å²) in [5.41, 5.74) is 2.52. The predicted molar refractivity (Wildman–Crippen MR) is 80.8 cm³/mol. The van der Waals surface area contributed by atoms with Crippen LogP contribution in [0.15, 0.2) is 54.7 Å². The van der Waals surface area contributed by atoms with Crippen molar-refractivity contribution >= 4 is 16.9 Å². The second-order valence-corrected chi connectivity index (χ2v) is 5.40. The van der Waals surface area contributed by atoms with Crippen LogP contribution in [0.3, 0.4) is 0 Å². The number of aromatic nitrogens is 1. The zero-order valence-electron chi connectivity index (χ0n) is 12.1. The first kappa shape index (κ1) is 14.3. The van der Waals surface area contributed by atoms with Gasteiger partial charge in [-0.15, -0.1) is 0 Å². The van der Waals surface area contributed by atoms with Crippen molar-refractivity contribution in [1.82, 2.24) is 4.57 Å². The van der Waals surface area contributed by atoms with E-state index in [0.29, 0.717) is 5.56 Å². The van der Waals surface area contributed by atoms with Crippen LogP contribution in [0.2, 0.25) is 0 Å². The third kappa shape index (κ3) is 2.60. The Hall–Kier alpha value is -2.62. The summed E-state index contributed by atoms with van der Waals surface area (Å²) in [5, 5.41) is 12.1. The summed E-state index contributed by atoms with van der Waals surface area (Å²) in [7, 11) is 1.91. The Bertz CT molecular complexity index is 838. The summed E-state index contributed by atoms with van der Waals surface area (Å²) >= 11 is 0. The van der Waals surface area contributed by atoms with Crippen molar-refractivity contribution in [3.05, 3.63) is 71.7 Å². The van der Waals surface area contributed by atoms with E-state index in [0.717, 1.165) is 16.5 Å². The number of carboxylic acids is 1.